The van der Waals surface area contributed by atoms with Gasteiger partial charge in [-0.3, -0.25) is 9.59 Å². The minimum atomic E-state index is -0.895. The fraction of sp³-hybridized carbons (Fsp3) is 0.714. The molecule has 2 atom stereocenters. The summed E-state index contributed by atoms with van der Waals surface area (Å²) in [6.07, 6.45) is 1.40. The van der Waals surface area contributed by atoms with E-state index in [9.17, 15) is 14.4 Å². The molecule has 1 heterocycles. The van der Waals surface area contributed by atoms with Crippen molar-refractivity contribution in [2.75, 3.05) is 6.61 Å². The molecule has 0 aromatic carbocycles. The number of amides is 1. The van der Waals surface area contributed by atoms with Crippen molar-refractivity contribution in [3.8, 4) is 0 Å². The topological polar surface area (TPSA) is 106 Å². The predicted molar refractivity (Wildman–Crippen MR) is 75.2 cm³/mol. The molecule has 0 radical (unpaired) electrons. The molecular formula is C14H22N2O5. The van der Waals surface area contributed by atoms with Gasteiger partial charge in [0, 0.05) is 13.0 Å². The molecule has 2 N–H and O–H groups in total. The lowest BCUT2D eigenvalue weighted by atomic mass is 10.1. The maximum absolute atomic E-state index is 12.0. The summed E-state index contributed by atoms with van der Waals surface area (Å²) in [4.78, 5) is 35.1. The number of nitrogens with one attached hydrogen (secondary N) is 2. The Bertz CT molecular complexity index is 402. The molecule has 1 fully saturated rings. The minimum absolute atomic E-state index is 0.00711. The van der Waals surface area contributed by atoms with E-state index in [0.29, 0.717) is 19.2 Å². The van der Waals surface area contributed by atoms with Crippen LogP contribution in [0.25, 0.3) is 0 Å². The van der Waals surface area contributed by atoms with E-state index in [0.717, 1.165) is 6.42 Å². The first-order valence-electron chi connectivity index (χ1n) is 7.09. The van der Waals surface area contributed by atoms with Crippen molar-refractivity contribution in [3.05, 3.63) is 0 Å². The molecular weight excluding hydrogens is 276 g/mol. The molecule has 118 valence electrons. The summed E-state index contributed by atoms with van der Waals surface area (Å²) in [5, 5.41) is 9.43. The third-order valence-corrected chi connectivity index (χ3v) is 3.02. The molecule has 0 bridgehead atoms. The molecule has 0 aliphatic carbocycles. The lowest BCUT2D eigenvalue weighted by Crippen LogP contribution is -2.46. The number of hydrogen-bond acceptors (Lipinski definition) is 6. The summed E-state index contributed by atoms with van der Waals surface area (Å²) in [5.74, 6) is -1.33. The summed E-state index contributed by atoms with van der Waals surface area (Å²) in [6, 6.07) is -0.895. The lowest BCUT2D eigenvalue weighted by molar-refractivity contribution is -0.152. The standard InChI is InChI=1S/C14H22N2O5/c1-9(2)21-14(19)11(6-5-10(17)8-15)16-13(18)12-4-3-7-20-12/h8-9,11-12,15H,3-7H2,1-2H3,(H,16,18)/t11-,12+/m0/s1. The van der Waals surface area contributed by atoms with E-state index in [1.165, 1.54) is 0 Å². The Labute approximate surface area is 123 Å². The molecule has 21 heavy (non-hydrogen) atoms. The zero-order chi connectivity index (χ0) is 15.8. The monoisotopic (exact) mass is 298 g/mol. The first-order chi connectivity index (χ1) is 9.93. The van der Waals surface area contributed by atoms with Crippen LogP contribution < -0.4 is 5.32 Å². The maximum Gasteiger partial charge on any atom is 0.328 e. The summed E-state index contributed by atoms with van der Waals surface area (Å²) in [7, 11) is 0. The number of carbonyl (C=O) groups is 3. The van der Waals surface area contributed by atoms with Gasteiger partial charge in [0.1, 0.15) is 12.1 Å². The largest absolute Gasteiger partial charge is 0.461 e. The van der Waals surface area contributed by atoms with Crippen LogP contribution in [0, 0.1) is 5.41 Å². The number of Topliss-reactive ketones (excluding diaryl/α,β-unsaturated/α-hetero) is 1. The van der Waals surface area contributed by atoms with E-state index in [4.69, 9.17) is 14.9 Å². The van der Waals surface area contributed by atoms with Gasteiger partial charge in [-0.2, -0.15) is 0 Å². The van der Waals surface area contributed by atoms with Gasteiger partial charge in [0.05, 0.1) is 12.3 Å². The highest BCUT2D eigenvalue weighted by molar-refractivity contribution is 6.26. The number of esters is 1. The molecule has 0 spiro atoms. The van der Waals surface area contributed by atoms with Crippen LogP contribution in [0.15, 0.2) is 0 Å². The Hall–Kier alpha value is -1.76. The lowest BCUT2D eigenvalue weighted by Gasteiger charge is -2.20. The molecule has 0 saturated carbocycles. The number of carbonyl (C=O) groups excluding carboxylic acids is 3. The first kappa shape index (κ1) is 17.3. The van der Waals surface area contributed by atoms with Crippen LogP contribution in [0.4, 0.5) is 0 Å². The average molecular weight is 298 g/mol. The van der Waals surface area contributed by atoms with Crippen molar-refractivity contribution in [1.82, 2.24) is 5.32 Å². The van der Waals surface area contributed by atoms with E-state index >= 15 is 0 Å². The highest BCUT2D eigenvalue weighted by Crippen LogP contribution is 2.13. The summed E-state index contributed by atoms with van der Waals surface area (Å²) < 4.78 is 10.3. The number of rotatable bonds is 8. The third-order valence-electron chi connectivity index (χ3n) is 3.02. The minimum Gasteiger partial charge on any atom is -0.461 e. The quantitative estimate of drug-likeness (QED) is 0.504. The van der Waals surface area contributed by atoms with E-state index in [1.54, 1.807) is 13.8 Å². The van der Waals surface area contributed by atoms with Crippen molar-refractivity contribution in [3.63, 3.8) is 0 Å². The van der Waals surface area contributed by atoms with Gasteiger partial charge in [-0.1, -0.05) is 0 Å². The maximum atomic E-state index is 12.0. The fourth-order valence-electron chi connectivity index (χ4n) is 1.97. The number of hydrogen-bond donors (Lipinski definition) is 2. The van der Waals surface area contributed by atoms with E-state index in [-0.39, 0.29) is 24.9 Å². The Balaban J connectivity index is 2.60. The Morgan fingerprint density at radius 2 is 2.14 bits per heavy atom. The molecule has 7 nitrogen and oxygen atoms in total. The van der Waals surface area contributed by atoms with Gasteiger partial charge >= 0.3 is 5.97 Å². The Morgan fingerprint density at radius 1 is 1.43 bits per heavy atom. The zero-order valence-electron chi connectivity index (χ0n) is 12.4. The normalized spacial score (nSPS) is 19.1. The van der Waals surface area contributed by atoms with Gasteiger partial charge in [-0.25, -0.2) is 4.79 Å². The van der Waals surface area contributed by atoms with E-state index < -0.39 is 23.9 Å². The summed E-state index contributed by atoms with van der Waals surface area (Å²) in [5.41, 5.74) is 0. The van der Waals surface area contributed by atoms with Crippen LogP contribution in [0.3, 0.4) is 0 Å². The SMILES string of the molecule is CC(C)OC(=O)[C@H](CCC(=O)C=N)NC(=O)[C@H]1CCCO1. The van der Waals surface area contributed by atoms with Crippen LogP contribution in [0.5, 0.6) is 0 Å². The average Bonchev–Trinajstić information content (AvgIpc) is 2.95. The van der Waals surface area contributed by atoms with Gasteiger partial charge in [-0.15, -0.1) is 0 Å². The second kappa shape index (κ2) is 8.51. The second-order valence-corrected chi connectivity index (χ2v) is 5.20. The molecule has 1 aliphatic rings. The molecule has 1 aliphatic heterocycles. The van der Waals surface area contributed by atoms with Crippen LogP contribution in [-0.2, 0) is 23.9 Å². The fourth-order valence-corrected chi connectivity index (χ4v) is 1.97. The first-order valence-corrected chi connectivity index (χ1v) is 7.09. The van der Waals surface area contributed by atoms with Crippen molar-refractivity contribution >= 4 is 23.9 Å². The molecule has 1 amide bonds. The van der Waals surface area contributed by atoms with Crippen molar-refractivity contribution in [1.29, 1.82) is 5.41 Å². The van der Waals surface area contributed by atoms with Crippen molar-refractivity contribution in [2.24, 2.45) is 0 Å². The van der Waals surface area contributed by atoms with Crippen LogP contribution in [-0.4, -0.2) is 48.7 Å². The zero-order valence-corrected chi connectivity index (χ0v) is 12.4. The van der Waals surface area contributed by atoms with Gasteiger partial charge in [0.25, 0.3) is 0 Å². The molecule has 0 aromatic heterocycles. The Morgan fingerprint density at radius 3 is 2.67 bits per heavy atom. The van der Waals surface area contributed by atoms with E-state index in [1.807, 2.05) is 0 Å². The van der Waals surface area contributed by atoms with Crippen LogP contribution in [0.1, 0.15) is 39.5 Å². The molecule has 7 heteroatoms. The van der Waals surface area contributed by atoms with E-state index in [2.05, 4.69) is 5.32 Å². The second-order valence-electron chi connectivity index (χ2n) is 5.20. The van der Waals surface area contributed by atoms with Crippen molar-refractivity contribution < 1.29 is 23.9 Å². The van der Waals surface area contributed by atoms with Gasteiger partial charge in [0.2, 0.25) is 5.91 Å². The van der Waals surface area contributed by atoms with Crippen molar-refractivity contribution in [2.45, 2.75) is 57.8 Å². The molecule has 0 unspecified atom stereocenters. The van der Waals surface area contributed by atoms with Gasteiger partial charge in [0.15, 0.2) is 5.78 Å². The van der Waals surface area contributed by atoms with Crippen LogP contribution in [0.2, 0.25) is 0 Å². The molecule has 1 rings (SSSR count). The number of ketones is 1. The highest BCUT2D eigenvalue weighted by atomic mass is 16.5. The molecule has 1 saturated heterocycles. The van der Waals surface area contributed by atoms with Gasteiger partial charge in [-0.05, 0) is 33.1 Å². The van der Waals surface area contributed by atoms with Gasteiger partial charge < -0.3 is 20.2 Å². The summed E-state index contributed by atoms with van der Waals surface area (Å²) in [6.45, 7) is 3.95. The predicted octanol–water partition coefficient (Wildman–Crippen LogP) is 0.601. The molecule has 0 aromatic rings. The van der Waals surface area contributed by atoms with Crippen LogP contribution >= 0.6 is 0 Å². The third kappa shape index (κ3) is 6.03. The Kier molecular flexibility index (Phi) is 7.01. The summed E-state index contributed by atoms with van der Waals surface area (Å²) >= 11 is 0. The number of ether oxygens (including phenoxy) is 2. The smallest absolute Gasteiger partial charge is 0.328 e. The highest BCUT2D eigenvalue weighted by Gasteiger charge is 2.29.